The summed E-state index contributed by atoms with van der Waals surface area (Å²) >= 11 is 0. The first-order chi connectivity index (χ1) is 16.7. The van der Waals surface area contributed by atoms with Crippen LogP contribution in [0.1, 0.15) is 25.3 Å². The number of amides is 1. The Balaban J connectivity index is 1.91. The molecule has 2 aliphatic heterocycles. The van der Waals surface area contributed by atoms with Crippen LogP contribution in [0.3, 0.4) is 0 Å². The number of piperazine rings is 1. The number of carbonyl (C=O) groups is 3. The van der Waals surface area contributed by atoms with E-state index < -0.39 is 17.9 Å². The number of carbonyl (C=O) groups excluding carboxylic acids is 3. The van der Waals surface area contributed by atoms with Gasteiger partial charge < -0.3 is 34.1 Å². The number of nitrogens with zero attached hydrogens (tertiary/aromatic N) is 2. The summed E-state index contributed by atoms with van der Waals surface area (Å²) in [5.74, 6) is -1.21. The summed E-state index contributed by atoms with van der Waals surface area (Å²) in [5.41, 5.74) is 2.34. The average Bonchev–Trinajstić information content (AvgIpc) is 2.86. The molecule has 1 fully saturated rings. The van der Waals surface area contributed by atoms with Crippen molar-refractivity contribution in [3.63, 3.8) is 0 Å². The average molecular weight is 488 g/mol. The minimum Gasteiger partial charge on any atom is -0.493 e. The van der Waals surface area contributed by atoms with E-state index in [-0.39, 0.29) is 12.5 Å². The smallest absolute Gasteiger partial charge is 0.336 e. The second kappa shape index (κ2) is 11.3. The summed E-state index contributed by atoms with van der Waals surface area (Å²) in [6.45, 7) is 6.34. The van der Waals surface area contributed by atoms with Crippen molar-refractivity contribution in [3.8, 4) is 11.5 Å². The summed E-state index contributed by atoms with van der Waals surface area (Å²) in [7, 11) is 6.09. The Bertz CT molecular complexity index is 1020. The fourth-order valence-corrected chi connectivity index (χ4v) is 4.36. The van der Waals surface area contributed by atoms with Gasteiger partial charge in [-0.1, -0.05) is 6.07 Å². The highest BCUT2D eigenvalue weighted by Crippen LogP contribution is 2.41. The van der Waals surface area contributed by atoms with Crippen molar-refractivity contribution in [2.45, 2.75) is 19.8 Å². The molecule has 1 N–H and O–H groups in total. The lowest BCUT2D eigenvalue weighted by Crippen LogP contribution is -2.48. The second-order valence-corrected chi connectivity index (χ2v) is 8.50. The minimum atomic E-state index is -0.744. The first-order valence-electron chi connectivity index (χ1n) is 11.3. The van der Waals surface area contributed by atoms with Crippen molar-refractivity contribution in [1.29, 1.82) is 0 Å². The predicted molar refractivity (Wildman–Crippen MR) is 128 cm³/mol. The van der Waals surface area contributed by atoms with Crippen LogP contribution in [0.5, 0.6) is 11.5 Å². The molecule has 1 aromatic rings. The van der Waals surface area contributed by atoms with Gasteiger partial charge in [-0.2, -0.15) is 0 Å². The molecular formula is C25H33N3O7. The van der Waals surface area contributed by atoms with Gasteiger partial charge in [0, 0.05) is 37.6 Å². The number of hydrogen-bond donors (Lipinski definition) is 1. The van der Waals surface area contributed by atoms with Crippen LogP contribution in [0.25, 0.3) is 0 Å². The molecule has 190 valence electrons. The van der Waals surface area contributed by atoms with Crippen molar-refractivity contribution in [1.82, 2.24) is 15.1 Å². The highest BCUT2D eigenvalue weighted by atomic mass is 16.5. The van der Waals surface area contributed by atoms with E-state index in [1.165, 1.54) is 21.3 Å². The zero-order chi connectivity index (χ0) is 25.7. The van der Waals surface area contributed by atoms with Gasteiger partial charge >= 0.3 is 11.9 Å². The second-order valence-electron chi connectivity index (χ2n) is 8.50. The lowest BCUT2D eigenvalue weighted by atomic mass is 9.80. The quantitative estimate of drug-likeness (QED) is 0.572. The Morgan fingerprint density at radius 1 is 0.914 bits per heavy atom. The van der Waals surface area contributed by atoms with Crippen LogP contribution in [0.15, 0.2) is 40.7 Å². The van der Waals surface area contributed by atoms with Crippen molar-refractivity contribution in [2.24, 2.45) is 0 Å². The molecule has 0 bridgehead atoms. The van der Waals surface area contributed by atoms with Crippen LogP contribution in [0.4, 0.5) is 0 Å². The molecule has 2 aliphatic rings. The molecule has 0 atom stereocenters. The summed E-state index contributed by atoms with van der Waals surface area (Å²) < 4.78 is 21.3. The maximum absolute atomic E-state index is 12.7. The highest BCUT2D eigenvalue weighted by molar-refractivity contribution is 5.99. The molecule has 0 spiro atoms. The normalized spacial score (nSPS) is 17.1. The van der Waals surface area contributed by atoms with Crippen molar-refractivity contribution in [2.75, 3.05) is 61.2 Å². The molecule has 10 nitrogen and oxygen atoms in total. The molecule has 1 aromatic carbocycles. The van der Waals surface area contributed by atoms with E-state index in [2.05, 4.69) is 10.2 Å². The van der Waals surface area contributed by atoms with E-state index in [9.17, 15) is 14.4 Å². The molecule has 1 amide bonds. The zero-order valence-corrected chi connectivity index (χ0v) is 21.1. The number of likely N-dealkylation sites (N-methyl/N-ethyl adjacent to an activating group) is 1. The summed E-state index contributed by atoms with van der Waals surface area (Å²) in [5, 5.41) is 3.07. The number of rotatable bonds is 7. The Labute approximate surface area is 205 Å². The molecule has 0 aliphatic carbocycles. The Morgan fingerprint density at radius 2 is 1.49 bits per heavy atom. The van der Waals surface area contributed by atoms with E-state index in [4.69, 9.17) is 18.9 Å². The molecule has 0 saturated carbocycles. The molecule has 35 heavy (non-hydrogen) atoms. The minimum absolute atomic E-state index is 0.0966. The van der Waals surface area contributed by atoms with Crippen LogP contribution in [0.2, 0.25) is 0 Å². The van der Waals surface area contributed by atoms with Crippen LogP contribution in [-0.4, -0.2) is 88.8 Å². The van der Waals surface area contributed by atoms with Crippen LogP contribution in [0, 0.1) is 0 Å². The number of methoxy groups -OCH3 is 3. The van der Waals surface area contributed by atoms with Gasteiger partial charge in [0.15, 0.2) is 18.1 Å². The SMILES string of the molecule is COC(=O)C1=C(C)NC(C)=C(C(=O)OC)C1c1ccc(OCC(=O)N2CCN(C)CC2)c(OC)c1. The molecule has 3 rings (SSSR count). The largest absolute Gasteiger partial charge is 0.493 e. The summed E-state index contributed by atoms with van der Waals surface area (Å²) in [6.07, 6.45) is 0. The predicted octanol–water partition coefficient (Wildman–Crippen LogP) is 1.43. The third-order valence-electron chi connectivity index (χ3n) is 6.30. The van der Waals surface area contributed by atoms with Gasteiger partial charge in [0.2, 0.25) is 0 Å². The number of allylic oxidation sites excluding steroid dienone is 2. The first-order valence-corrected chi connectivity index (χ1v) is 11.3. The monoisotopic (exact) mass is 487 g/mol. The standard InChI is InChI=1S/C25H33N3O7/c1-15-21(24(30)33-5)23(22(16(2)26-15)25(31)34-6)17-7-8-18(19(13-17)32-4)35-14-20(29)28-11-9-27(3)10-12-28/h7-8,13,23,26H,9-12,14H2,1-6H3. The molecule has 0 radical (unpaired) electrons. The highest BCUT2D eigenvalue weighted by Gasteiger charge is 2.38. The fourth-order valence-electron chi connectivity index (χ4n) is 4.36. The van der Waals surface area contributed by atoms with Gasteiger partial charge in [-0.05, 0) is 38.6 Å². The zero-order valence-electron chi connectivity index (χ0n) is 21.1. The van der Waals surface area contributed by atoms with Gasteiger partial charge in [0.1, 0.15) is 0 Å². The fraction of sp³-hybridized carbons (Fsp3) is 0.480. The summed E-state index contributed by atoms with van der Waals surface area (Å²) in [4.78, 5) is 41.9. The number of ether oxygens (including phenoxy) is 4. The van der Waals surface area contributed by atoms with Crippen molar-refractivity contribution in [3.05, 3.63) is 46.3 Å². The number of benzene rings is 1. The third-order valence-corrected chi connectivity index (χ3v) is 6.30. The van der Waals surface area contributed by atoms with Crippen LogP contribution >= 0.6 is 0 Å². The van der Waals surface area contributed by atoms with E-state index in [0.29, 0.717) is 52.7 Å². The van der Waals surface area contributed by atoms with E-state index in [0.717, 1.165) is 13.1 Å². The number of dihydropyridines is 1. The molecule has 1 saturated heterocycles. The maximum Gasteiger partial charge on any atom is 0.336 e. The van der Waals surface area contributed by atoms with Gasteiger partial charge in [-0.15, -0.1) is 0 Å². The number of nitrogens with one attached hydrogen (secondary N) is 1. The lowest BCUT2D eigenvalue weighted by Gasteiger charge is -2.32. The van der Waals surface area contributed by atoms with E-state index in [1.54, 1.807) is 36.9 Å². The first kappa shape index (κ1) is 26.1. The number of hydrogen-bond acceptors (Lipinski definition) is 9. The number of esters is 2. The molecule has 0 aromatic heterocycles. The van der Waals surface area contributed by atoms with E-state index >= 15 is 0 Å². The lowest BCUT2D eigenvalue weighted by molar-refractivity contribution is -0.137. The van der Waals surface area contributed by atoms with Crippen LogP contribution in [-0.2, 0) is 23.9 Å². The van der Waals surface area contributed by atoms with Gasteiger partial charge in [-0.3, -0.25) is 4.79 Å². The van der Waals surface area contributed by atoms with Crippen LogP contribution < -0.4 is 14.8 Å². The Kier molecular flexibility index (Phi) is 8.39. The summed E-state index contributed by atoms with van der Waals surface area (Å²) in [6, 6.07) is 5.10. The molecule has 0 unspecified atom stereocenters. The van der Waals surface area contributed by atoms with Crippen molar-refractivity contribution >= 4 is 17.8 Å². The maximum atomic E-state index is 12.7. The molecule has 10 heteroatoms. The van der Waals surface area contributed by atoms with Gasteiger partial charge in [0.25, 0.3) is 5.91 Å². The molecule has 2 heterocycles. The van der Waals surface area contributed by atoms with Gasteiger partial charge in [-0.25, -0.2) is 9.59 Å². The Hall–Kier alpha value is -3.53. The Morgan fingerprint density at radius 3 is 2.00 bits per heavy atom. The third kappa shape index (κ3) is 5.59. The topological polar surface area (TPSA) is 107 Å². The molecular weight excluding hydrogens is 454 g/mol. The van der Waals surface area contributed by atoms with Crippen molar-refractivity contribution < 1.29 is 33.3 Å². The van der Waals surface area contributed by atoms with E-state index in [1.807, 2.05) is 7.05 Å². The van der Waals surface area contributed by atoms with Gasteiger partial charge in [0.05, 0.1) is 38.4 Å².